The lowest BCUT2D eigenvalue weighted by atomic mass is 9.83. The summed E-state index contributed by atoms with van der Waals surface area (Å²) < 4.78 is 0. The van der Waals surface area contributed by atoms with Crippen LogP contribution in [0.15, 0.2) is 0 Å². The molecule has 1 saturated carbocycles. The van der Waals surface area contributed by atoms with Crippen molar-refractivity contribution in [3.8, 4) is 0 Å². The zero-order valence-corrected chi connectivity index (χ0v) is 11.6. The Kier molecular flexibility index (Phi) is 5.96. The van der Waals surface area contributed by atoms with Crippen molar-refractivity contribution in [2.45, 2.75) is 70.9 Å². The molecule has 0 bridgehead atoms. The topological polar surface area (TPSA) is 46.3 Å². The Labute approximate surface area is 106 Å². The SMILES string of the molecule is CCC(C)N(C)C(=O)CCC1CCC(N)CC1. The first-order chi connectivity index (χ1) is 8.04. The van der Waals surface area contributed by atoms with E-state index in [1.54, 1.807) is 0 Å². The predicted molar refractivity (Wildman–Crippen MR) is 71.7 cm³/mol. The molecule has 3 nitrogen and oxygen atoms in total. The van der Waals surface area contributed by atoms with Crippen LogP contribution in [0, 0.1) is 5.92 Å². The van der Waals surface area contributed by atoms with Crippen LogP contribution in [-0.2, 0) is 4.79 Å². The molecular formula is C14H28N2O. The molecule has 0 radical (unpaired) electrons. The Morgan fingerprint density at radius 2 is 1.94 bits per heavy atom. The molecule has 3 heteroatoms. The molecular weight excluding hydrogens is 212 g/mol. The van der Waals surface area contributed by atoms with Gasteiger partial charge in [-0.05, 0) is 51.4 Å². The number of carbonyl (C=O) groups excluding carboxylic acids is 1. The number of hydrogen-bond donors (Lipinski definition) is 1. The highest BCUT2D eigenvalue weighted by Crippen LogP contribution is 2.27. The number of nitrogens with two attached hydrogens (primary N) is 1. The smallest absolute Gasteiger partial charge is 0.222 e. The molecule has 0 aliphatic heterocycles. The van der Waals surface area contributed by atoms with Gasteiger partial charge in [-0.15, -0.1) is 0 Å². The number of hydrogen-bond acceptors (Lipinski definition) is 2. The van der Waals surface area contributed by atoms with Gasteiger partial charge in [-0.25, -0.2) is 0 Å². The first kappa shape index (κ1) is 14.5. The summed E-state index contributed by atoms with van der Waals surface area (Å²) in [6, 6.07) is 0.770. The van der Waals surface area contributed by atoms with Crippen molar-refractivity contribution in [1.82, 2.24) is 4.90 Å². The van der Waals surface area contributed by atoms with Gasteiger partial charge in [-0.3, -0.25) is 4.79 Å². The Morgan fingerprint density at radius 3 is 2.47 bits per heavy atom. The minimum Gasteiger partial charge on any atom is -0.343 e. The Hall–Kier alpha value is -0.570. The molecule has 0 aromatic heterocycles. The van der Waals surface area contributed by atoms with E-state index in [1.807, 2.05) is 11.9 Å². The van der Waals surface area contributed by atoms with E-state index in [1.165, 1.54) is 12.8 Å². The quantitative estimate of drug-likeness (QED) is 0.802. The van der Waals surface area contributed by atoms with Crippen LogP contribution in [0.1, 0.15) is 58.8 Å². The van der Waals surface area contributed by atoms with Crippen LogP contribution >= 0.6 is 0 Å². The van der Waals surface area contributed by atoms with Gasteiger partial charge in [0.25, 0.3) is 0 Å². The van der Waals surface area contributed by atoms with E-state index in [0.29, 0.717) is 24.4 Å². The largest absolute Gasteiger partial charge is 0.343 e. The second kappa shape index (κ2) is 7.00. The van der Waals surface area contributed by atoms with Crippen LogP contribution in [-0.4, -0.2) is 29.9 Å². The lowest BCUT2D eigenvalue weighted by Crippen LogP contribution is -2.35. The summed E-state index contributed by atoms with van der Waals surface area (Å²) in [5, 5.41) is 0. The highest BCUT2D eigenvalue weighted by Gasteiger charge is 2.20. The lowest BCUT2D eigenvalue weighted by Gasteiger charge is -2.28. The summed E-state index contributed by atoms with van der Waals surface area (Å²) in [5.41, 5.74) is 5.88. The van der Waals surface area contributed by atoms with Crippen molar-refractivity contribution in [2.24, 2.45) is 11.7 Å². The van der Waals surface area contributed by atoms with E-state index in [9.17, 15) is 4.79 Å². The van der Waals surface area contributed by atoms with Crippen LogP contribution < -0.4 is 5.73 Å². The van der Waals surface area contributed by atoms with Crippen molar-refractivity contribution >= 4 is 5.91 Å². The van der Waals surface area contributed by atoms with Crippen molar-refractivity contribution < 1.29 is 4.79 Å². The average Bonchev–Trinajstić information content (AvgIpc) is 2.35. The third-order valence-electron chi connectivity index (χ3n) is 4.30. The van der Waals surface area contributed by atoms with Gasteiger partial charge in [-0.2, -0.15) is 0 Å². The highest BCUT2D eigenvalue weighted by atomic mass is 16.2. The van der Waals surface area contributed by atoms with E-state index in [4.69, 9.17) is 5.73 Å². The number of nitrogens with zero attached hydrogens (tertiary/aromatic N) is 1. The van der Waals surface area contributed by atoms with Gasteiger partial charge in [0.15, 0.2) is 0 Å². The average molecular weight is 240 g/mol. The molecule has 0 heterocycles. The fourth-order valence-electron chi connectivity index (χ4n) is 2.50. The molecule has 2 N–H and O–H groups in total. The minimum absolute atomic E-state index is 0.300. The van der Waals surface area contributed by atoms with Gasteiger partial charge >= 0.3 is 0 Å². The minimum atomic E-state index is 0.300. The van der Waals surface area contributed by atoms with Gasteiger partial charge in [0, 0.05) is 25.6 Å². The van der Waals surface area contributed by atoms with Gasteiger partial charge in [0.1, 0.15) is 0 Å². The second-order valence-corrected chi connectivity index (χ2v) is 5.58. The molecule has 1 atom stereocenters. The lowest BCUT2D eigenvalue weighted by molar-refractivity contribution is -0.132. The summed E-state index contributed by atoms with van der Waals surface area (Å²) >= 11 is 0. The zero-order valence-electron chi connectivity index (χ0n) is 11.6. The molecule has 1 unspecified atom stereocenters. The van der Waals surface area contributed by atoms with E-state index >= 15 is 0 Å². The van der Waals surface area contributed by atoms with Gasteiger partial charge in [0.2, 0.25) is 5.91 Å². The van der Waals surface area contributed by atoms with Crippen molar-refractivity contribution in [3.63, 3.8) is 0 Å². The van der Waals surface area contributed by atoms with Crippen molar-refractivity contribution in [2.75, 3.05) is 7.05 Å². The fraction of sp³-hybridized carbons (Fsp3) is 0.929. The summed E-state index contributed by atoms with van der Waals surface area (Å²) in [6.07, 6.45) is 7.48. The molecule has 1 amide bonds. The standard InChI is InChI=1S/C14H28N2O/c1-4-11(2)16(3)14(17)10-7-12-5-8-13(15)9-6-12/h11-13H,4-10,15H2,1-3H3. The summed E-state index contributed by atoms with van der Waals surface area (Å²) in [4.78, 5) is 13.8. The highest BCUT2D eigenvalue weighted by molar-refractivity contribution is 5.76. The molecule has 1 rings (SSSR count). The normalized spacial score (nSPS) is 26.6. The molecule has 1 aliphatic rings. The number of carbonyl (C=O) groups is 1. The number of amides is 1. The van der Waals surface area contributed by atoms with Crippen LogP contribution in [0.2, 0.25) is 0 Å². The summed E-state index contributed by atoms with van der Waals surface area (Å²) in [7, 11) is 1.92. The van der Waals surface area contributed by atoms with Crippen LogP contribution in [0.25, 0.3) is 0 Å². The van der Waals surface area contributed by atoms with Crippen molar-refractivity contribution in [1.29, 1.82) is 0 Å². The third kappa shape index (κ3) is 4.66. The first-order valence-corrected chi connectivity index (χ1v) is 7.05. The van der Waals surface area contributed by atoms with Gasteiger partial charge in [-0.1, -0.05) is 6.92 Å². The second-order valence-electron chi connectivity index (χ2n) is 5.58. The third-order valence-corrected chi connectivity index (χ3v) is 4.30. The zero-order chi connectivity index (χ0) is 12.8. The molecule has 1 aliphatic carbocycles. The molecule has 0 aromatic carbocycles. The molecule has 1 fully saturated rings. The van der Waals surface area contributed by atoms with E-state index < -0.39 is 0 Å². The maximum atomic E-state index is 12.0. The Bertz CT molecular complexity index is 234. The summed E-state index contributed by atoms with van der Waals surface area (Å²) in [6.45, 7) is 4.23. The van der Waals surface area contributed by atoms with E-state index in [0.717, 1.165) is 31.6 Å². The van der Waals surface area contributed by atoms with Gasteiger partial charge < -0.3 is 10.6 Å². The van der Waals surface area contributed by atoms with E-state index in [-0.39, 0.29) is 0 Å². The van der Waals surface area contributed by atoms with Crippen LogP contribution in [0.5, 0.6) is 0 Å². The molecule has 100 valence electrons. The number of rotatable bonds is 5. The maximum Gasteiger partial charge on any atom is 0.222 e. The molecule has 0 aromatic rings. The van der Waals surface area contributed by atoms with E-state index in [2.05, 4.69) is 13.8 Å². The van der Waals surface area contributed by atoms with Crippen LogP contribution in [0.3, 0.4) is 0 Å². The Balaban J connectivity index is 2.23. The monoisotopic (exact) mass is 240 g/mol. The van der Waals surface area contributed by atoms with Crippen molar-refractivity contribution in [3.05, 3.63) is 0 Å². The summed E-state index contributed by atoms with van der Waals surface area (Å²) in [5.74, 6) is 1.03. The Morgan fingerprint density at radius 1 is 1.35 bits per heavy atom. The molecule has 0 spiro atoms. The van der Waals surface area contributed by atoms with Gasteiger partial charge in [0.05, 0.1) is 0 Å². The fourth-order valence-corrected chi connectivity index (χ4v) is 2.50. The molecule has 0 saturated heterocycles. The predicted octanol–water partition coefficient (Wildman–Crippen LogP) is 2.54. The molecule has 17 heavy (non-hydrogen) atoms. The van der Waals surface area contributed by atoms with Crippen LogP contribution in [0.4, 0.5) is 0 Å². The maximum absolute atomic E-state index is 12.0. The first-order valence-electron chi connectivity index (χ1n) is 7.05.